The zero-order valence-corrected chi connectivity index (χ0v) is 21.5. The molecule has 0 atom stereocenters. The van der Waals surface area contributed by atoms with Crippen molar-refractivity contribution in [1.82, 2.24) is 0 Å². The highest BCUT2D eigenvalue weighted by molar-refractivity contribution is 5.29. The van der Waals surface area contributed by atoms with Gasteiger partial charge in [0.05, 0.1) is 6.61 Å². The van der Waals surface area contributed by atoms with E-state index < -0.39 is 0 Å². The van der Waals surface area contributed by atoms with E-state index in [0.29, 0.717) is 0 Å². The molecule has 0 heterocycles. The molecule has 2 aliphatic carbocycles. The van der Waals surface area contributed by atoms with Gasteiger partial charge in [0, 0.05) is 0 Å². The van der Waals surface area contributed by atoms with Crippen LogP contribution in [0.2, 0.25) is 0 Å². The van der Waals surface area contributed by atoms with Gasteiger partial charge < -0.3 is 4.74 Å². The van der Waals surface area contributed by atoms with Gasteiger partial charge in [0.2, 0.25) is 0 Å². The molecule has 0 aromatic heterocycles. The Balaban J connectivity index is 1.24. The van der Waals surface area contributed by atoms with Crippen molar-refractivity contribution in [3.8, 4) is 5.75 Å². The van der Waals surface area contributed by atoms with E-state index in [2.05, 4.69) is 38.1 Å². The van der Waals surface area contributed by atoms with E-state index in [4.69, 9.17) is 4.74 Å². The monoisotopic (exact) mass is 440 g/mol. The molecule has 2 fully saturated rings. The zero-order chi connectivity index (χ0) is 22.4. The fraction of sp³-hybridized carbons (Fsp3) is 0.806. The third-order valence-corrected chi connectivity index (χ3v) is 8.60. The Morgan fingerprint density at radius 2 is 1.16 bits per heavy atom. The fourth-order valence-electron chi connectivity index (χ4n) is 6.44. The average molecular weight is 441 g/mol. The van der Waals surface area contributed by atoms with Crippen molar-refractivity contribution in [3.63, 3.8) is 0 Å². The van der Waals surface area contributed by atoms with Crippen molar-refractivity contribution in [2.75, 3.05) is 6.61 Å². The zero-order valence-electron chi connectivity index (χ0n) is 21.5. The van der Waals surface area contributed by atoms with Crippen LogP contribution in [0.1, 0.15) is 141 Å². The Morgan fingerprint density at radius 1 is 0.594 bits per heavy atom. The second-order valence-corrected chi connectivity index (χ2v) is 11.2. The molecular formula is C31H52O. The number of benzene rings is 1. The molecule has 0 spiro atoms. The third kappa shape index (κ3) is 9.11. The first-order chi connectivity index (χ1) is 15.8. The number of ether oxygens (including phenoxy) is 1. The van der Waals surface area contributed by atoms with Gasteiger partial charge in [-0.2, -0.15) is 0 Å². The van der Waals surface area contributed by atoms with Crippen molar-refractivity contribution < 1.29 is 4.74 Å². The first-order valence-corrected chi connectivity index (χ1v) is 14.5. The maximum Gasteiger partial charge on any atom is 0.119 e. The number of rotatable bonds is 14. The van der Waals surface area contributed by atoms with E-state index in [9.17, 15) is 0 Å². The van der Waals surface area contributed by atoms with Crippen molar-refractivity contribution in [1.29, 1.82) is 0 Å². The average Bonchev–Trinajstić information content (AvgIpc) is 2.84. The van der Waals surface area contributed by atoms with Gasteiger partial charge in [-0.1, -0.05) is 103 Å². The molecule has 0 amide bonds. The Bertz CT molecular complexity index is 575. The van der Waals surface area contributed by atoms with E-state index in [1.807, 2.05) is 0 Å². The van der Waals surface area contributed by atoms with Crippen LogP contribution in [0.5, 0.6) is 5.75 Å². The fourth-order valence-corrected chi connectivity index (χ4v) is 6.44. The molecule has 0 radical (unpaired) electrons. The number of hydrogen-bond acceptors (Lipinski definition) is 1. The maximum absolute atomic E-state index is 6.09. The molecule has 1 nitrogen and oxygen atoms in total. The molecule has 0 aliphatic heterocycles. The van der Waals surface area contributed by atoms with Crippen LogP contribution in [-0.4, -0.2) is 6.61 Å². The third-order valence-electron chi connectivity index (χ3n) is 8.60. The van der Waals surface area contributed by atoms with Crippen LogP contribution in [0.15, 0.2) is 24.3 Å². The minimum absolute atomic E-state index is 0.781. The van der Waals surface area contributed by atoms with Crippen LogP contribution in [0.25, 0.3) is 0 Å². The predicted octanol–water partition coefficient (Wildman–Crippen LogP) is 10.1. The van der Waals surface area contributed by atoms with Crippen LogP contribution in [0, 0.1) is 17.8 Å². The molecule has 0 saturated heterocycles. The summed E-state index contributed by atoms with van der Waals surface area (Å²) < 4.78 is 6.09. The van der Waals surface area contributed by atoms with Gasteiger partial charge in [-0.05, 0) is 79.9 Å². The SMILES string of the molecule is CCCCCCCC1CCC(CCCOc2ccc(C3CCC(CCC)CC3)cc2)CC1. The smallest absolute Gasteiger partial charge is 0.119 e. The lowest BCUT2D eigenvalue weighted by molar-refractivity contribution is 0.228. The molecule has 3 rings (SSSR count). The second-order valence-electron chi connectivity index (χ2n) is 11.2. The number of unbranched alkanes of at least 4 members (excludes halogenated alkanes) is 4. The summed E-state index contributed by atoms with van der Waals surface area (Å²) in [5.41, 5.74) is 1.54. The van der Waals surface area contributed by atoms with Gasteiger partial charge in [-0.3, -0.25) is 0 Å². The van der Waals surface area contributed by atoms with E-state index >= 15 is 0 Å². The highest BCUT2D eigenvalue weighted by Gasteiger charge is 2.22. The molecular weight excluding hydrogens is 388 g/mol. The van der Waals surface area contributed by atoms with Gasteiger partial charge in [0.25, 0.3) is 0 Å². The summed E-state index contributed by atoms with van der Waals surface area (Å²) in [6.45, 7) is 5.52. The highest BCUT2D eigenvalue weighted by Crippen LogP contribution is 2.38. The molecule has 2 aliphatic rings. The molecule has 1 aromatic rings. The van der Waals surface area contributed by atoms with Crippen molar-refractivity contribution in [3.05, 3.63) is 29.8 Å². The maximum atomic E-state index is 6.09. The summed E-state index contributed by atoms with van der Waals surface area (Å²) in [6, 6.07) is 9.12. The largest absolute Gasteiger partial charge is 0.494 e. The molecule has 2 saturated carbocycles. The van der Waals surface area contributed by atoms with Crippen molar-refractivity contribution in [2.45, 2.75) is 135 Å². The lowest BCUT2D eigenvalue weighted by Gasteiger charge is -2.29. The highest BCUT2D eigenvalue weighted by atomic mass is 16.5. The lowest BCUT2D eigenvalue weighted by atomic mass is 9.77. The Kier molecular flexibility index (Phi) is 12.0. The summed E-state index contributed by atoms with van der Waals surface area (Å²) in [4.78, 5) is 0. The van der Waals surface area contributed by atoms with Crippen molar-refractivity contribution in [2.24, 2.45) is 17.8 Å². The first-order valence-electron chi connectivity index (χ1n) is 14.5. The standard InChI is InChI=1S/C31H52O/c1-3-5-6-7-8-11-27-13-15-28(16-14-27)12-9-25-32-31-23-21-30(22-24-31)29-19-17-26(10-4-2)18-20-29/h21-24,26-29H,3-20,25H2,1-2H3. The molecule has 1 heteroatoms. The summed E-state index contributed by atoms with van der Waals surface area (Å²) >= 11 is 0. The molecule has 0 bridgehead atoms. The minimum Gasteiger partial charge on any atom is -0.494 e. The van der Waals surface area contributed by atoms with E-state index in [1.54, 1.807) is 0 Å². The minimum atomic E-state index is 0.781. The summed E-state index contributed by atoms with van der Waals surface area (Å²) in [7, 11) is 0. The lowest BCUT2D eigenvalue weighted by Crippen LogP contribution is -2.15. The predicted molar refractivity (Wildman–Crippen MR) is 140 cm³/mol. The van der Waals surface area contributed by atoms with Gasteiger partial charge >= 0.3 is 0 Å². The van der Waals surface area contributed by atoms with Gasteiger partial charge in [0.15, 0.2) is 0 Å². The van der Waals surface area contributed by atoms with Gasteiger partial charge in [0.1, 0.15) is 5.75 Å². The quantitative estimate of drug-likeness (QED) is 0.261. The molecule has 0 N–H and O–H groups in total. The second kappa shape index (κ2) is 15.0. The summed E-state index contributed by atoms with van der Waals surface area (Å²) in [5, 5.41) is 0. The van der Waals surface area contributed by atoms with Crippen LogP contribution in [0.3, 0.4) is 0 Å². The topological polar surface area (TPSA) is 9.23 Å². The normalized spacial score (nSPS) is 26.2. The van der Waals surface area contributed by atoms with Crippen LogP contribution >= 0.6 is 0 Å². The Morgan fingerprint density at radius 3 is 1.78 bits per heavy atom. The van der Waals surface area contributed by atoms with E-state index in [-0.39, 0.29) is 0 Å². The van der Waals surface area contributed by atoms with Crippen LogP contribution in [-0.2, 0) is 0 Å². The van der Waals surface area contributed by atoms with Gasteiger partial charge in [-0.25, -0.2) is 0 Å². The summed E-state index contributed by atoms with van der Waals surface area (Å²) in [5.74, 6) is 4.83. The number of hydrogen-bond donors (Lipinski definition) is 0. The van der Waals surface area contributed by atoms with Crippen LogP contribution in [0.4, 0.5) is 0 Å². The molecule has 0 unspecified atom stereocenters. The molecule has 1 aromatic carbocycles. The molecule has 32 heavy (non-hydrogen) atoms. The van der Waals surface area contributed by atoms with E-state index in [0.717, 1.165) is 36.0 Å². The van der Waals surface area contributed by atoms with Gasteiger partial charge in [-0.15, -0.1) is 0 Å². The van der Waals surface area contributed by atoms with Crippen molar-refractivity contribution >= 4 is 0 Å². The van der Waals surface area contributed by atoms with E-state index in [1.165, 1.54) is 121 Å². The summed E-state index contributed by atoms with van der Waals surface area (Å²) in [6.07, 6.45) is 25.6. The first kappa shape index (κ1) is 25.6. The van der Waals surface area contributed by atoms with Crippen LogP contribution < -0.4 is 4.74 Å². The Hall–Kier alpha value is -0.980. The Labute approximate surface area is 200 Å². The molecule has 182 valence electrons.